The summed E-state index contributed by atoms with van der Waals surface area (Å²) in [7, 11) is -3.71. The molecular weight excluding hydrogens is 416 g/mol. The number of para-hydroxylation sites is 1. The number of hydrogen-bond donors (Lipinski definition) is 1. The number of ketones is 1. The van der Waals surface area contributed by atoms with Gasteiger partial charge < -0.3 is 9.72 Å². The fraction of sp³-hybridized carbons (Fsp3) is 0.304. The highest BCUT2D eigenvalue weighted by Crippen LogP contribution is 2.24. The van der Waals surface area contributed by atoms with E-state index in [1.807, 2.05) is 24.3 Å². The first-order valence-corrected chi connectivity index (χ1v) is 11.6. The second-order valence-corrected chi connectivity index (χ2v) is 9.14. The molecule has 0 saturated carbocycles. The van der Waals surface area contributed by atoms with Crippen LogP contribution in [0.2, 0.25) is 0 Å². The minimum atomic E-state index is -3.71. The molecule has 1 N–H and O–H groups in total. The molecule has 0 aliphatic heterocycles. The predicted octanol–water partition coefficient (Wildman–Crippen LogP) is 3.94. The molecule has 8 heteroatoms. The lowest BCUT2D eigenvalue weighted by molar-refractivity contribution is 0.0319. The number of H-pyrrole nitrogens is 1. The van der Waals surface area contributed by atoms with Crippen LogP contribution in [-0.2, 0) is 14.8 Å². The monoisotopic (exact) mass is 442 g/mol. The van der Waals surface area contributed by atoms with Crippen LogP contribution in [0.4, 0.5) is 0 Å². The third-order valence-corrected chi connectivity index (χ3v) is 7.25. The van der Waals surface area contributed by atoms with Gasteiger partial charge in [0.15, 0.2) is 6.10 Å². The molecule has 0 fully saturated rings. The van der Waals surface area contributed by atoms with E-state index < -0.39 is 22.1 Å². The lowest BCUT2D eigenvalue weighted by atomic mass is 10.0. The van der Waals surface area contributed by atoms with Crippen molar-refractivity contribution in [1.29, 1.82) is 0 Å². The molecule has 0 aliphatic carbocycles. The number of sulfonamides is 1. The van der Waals surface area contributed by atoms with E-state index in [2.05, 4.69) is 4.98 Å². The Hall–Kier alpha value is -2.97. The van der Waals surface area contributed by atoms with Crippen molar-refractivity contribution >= 4 is 32.7 Å². The first-order valence-electron chi connectivity index (χ1n) is 10.1. The predicted molar refractivity (Wildman–Crippen MR) is 119 cm³/mol. The Morgan fingerprint density at radius 2 is 1.74 bits per heavy atom. The van der Waals surface area contributed by atoms with Gasteiger partial charge in [0.1, 0.15) is 0 Å². The second-order valence-electron chi connectivity index (χ2n) is 7.20. The number of aromatic amines is 1. The van der Waals surface area contributed by atoms with Gasteiger partial charge in [-0.1, -0.05) is 38.1 Å². The van der Waals surface area contributed by atoms with Crippen molar-refractivity contribution in [2.24, 2.45) is 0 Å². The van der Waals surface area contributed by atoms with Crippen LogP contribution in [-0.4, -0.2) is 48.7 Å². The van der Waals surface area contributed by atoms with Crippen molar-refractivity contribution in [3.05, 3.63) is 65.4 Å². The number of rotatable bonds is 8. The summed E-state index contributed by atoms with van der Waals surface area (Å²) in [6, 6.07) is 13.1. The number of nitrogens with zero attached hydrogens (tertiary/aromatic N) is 1. The molecule has 0 bridgehead atoms. The summed E-state index contributed by atoms with van der Waals surface area (Å²) in [4.78, 5) is 28.8. The third-order valence-electron chi connectivity index (χ3n) is 5.21. The van der Waals surface area contributed by atoms with Gasteiger partial charge in [0.25, 0.3) is 0 Å². The van der Waals surface area contributed by atoms with Crippen molar-refractivity contribution in [3.8, 4) is 0 Å². The number of ether oxygens (including phenoxy) is 1. The van der Waals surface area contributed by atoms with E-state index in [1.54, 1.807) is 20.8 Å². The Labute approximate surface area is 182 Å². The van der Waals surface area contributed by atoms with Gasteiger partial charge in [-0.15, -0.1) is 0 Å². The first kappa shape index (κ1) is 22.7. The molecule has 3 rings (SSSR count). The summed E-state index contributed by atoms with van der Waals surface area (Å²) >= 11 is 0. The van der Waals surface area contributed by atoms with Crippen molar-refractivity contribution in [1.82, 2.24) is 9.29 Å². The maximum Gasteiger partial charge on any atom is 0.338 e. The highest BCUT2D eigenvalue weighted by Gasteiger charge is 2.26. The van der Waals surface area contributed by atoms with E-state index in [0.717, 1.165) is 10.9 Å². The van der Waals surface area contributed by atoms with Gasteiger partial charge in [-0.2, -0.15) is 4.31 Å². The summed E-state index contributed by atoms with van der Waals surface area (Å²) in [5.74, 6) is -1.08. The molecular formula is C23H26N2O5S. The molecule has 0 saturated heterocycles. The van der Waals surface area contributed by atoms with Gasteiger partial charge >= 0.3 is 5.97 Å². The molecule has 0 radical (unpaired) electrons. The van der Waals surface area contributed by atoms with E-state index >= 15 is 0 Å². The van der Waals surface area contributed by atoms with Gasteiger partial charge in [0, 0.05) is 35.2 Å². The molecule has 0 aliphatic rings. The standard InChI is InChI=1S/C23H26N2O5S/c1-5-25(6-2)31(28,29)18-11-9-10-17(14-18)23(27)30-16(4)22(26)21-15(3)24-20-13-8-7-12-19(20)21/h7-14,16,24H,5-6H2,1-4H3/t16-/m0/s1. The average molecular weight is 443 g/mol. The minimum absolute atomic E-state index is 0.0112. The van der Waals surface area contributed by atoms with Crippen LogP contribution < -0.4 is 0 Å². The van der Waals surface area contributed by atoms with Crippen LogP contribution in [0.15, 0.2) is 53.4 Å². The highest BCUT2D eigenvalue weighted by atomic mass is 32.2. The van der Waals surface area contributed by atoms with Gasteiger partial charge in [-0.3, -0.25) is 4.79 Å². The second kappa shape index (κ2) is 9.03. The Kier molecular flexibility index (Phi) is 6.62. The van der Waals surface area contributed by atoms with E-state index in [0.29, 0.717) is 24.3 Å². The van der Waals surface area contributed by atoms with E-state index in [1.165, 1.54) is 35.5 Å². The average Bonchev–Trinajstić information content (AvgIpc) is 3.09. The molecule has 7 nitrogen and oxygen atoms in total. The molecule has 3 aromatic rings. The maximum atomic E-state index is 13.0. The first-order chi connectivity index (χ1) is 14.7. The zero-order valence-electron chi connectivity index (χ0n) is 18.0. The number of fused-ring (bicyclic) bond motifs is 1. The molecule has 2 aromatic carbocycles. The van der Waals surface area contributed by atoms with E-state index in [9.17, 15) is 18.0 Å². The quantitative estimate of drug-likeness (QED) is 0.421. The fourth-order valence-corrected chi connectivity index (χ4v) is 5.08. The largest absolute Gasteiger partial charge is 0.451 e. The van der Waals surface area contributed by atoms with Crippen molar-refractivity contribution in [3.63, 3.8) is 0 Å². The Bertz CT molecular complexity index is 1230. The number of aromatic nitrogens is 1. The molecule has 1 heterocycles. The maximum absolute atomic E-state index is 13.0. The Morgan fingerprint density at radius 1 is 1.06 bits per heavy atom. The molecule has 0 unspecified atom stereocenters. The summed E-state index contributed by atoms with van der Waals surface area (Å²) in [6.45, 7) is 7.45. The van der Waals surface area contributed by atoms with Gasteiger partial charge in [-0.25, -0.2) is 13.2 Å². The Morgan fingerprint density at radius 3 is 2.42 bits per heavy atom. The molecule has 164 valence electrons. The lowest BCUT2D eigenvalue weighted by Crippen LogP contribution is -2.30. The van der Waals surface area contributed by atoms with Gasteiger partial charge in [0.2, 0.25) is 15.8 Å². The summed E-state index contributed by atoms with van der Waals surface area (Å²) < 4.78 is 32.2. The lowest BCUT2D eigenvalue weighted by Gasteiger charge is -2.19. The number of hydrogen-bond acceptors (Lipinski definition) is 5. The number of esters is 1. The Balaban J connectivity index is 1.83. The van der Waals surface area contributed by atoms with Crippen LogP contribution >= 0.6 is 0 Å². The normalized spacial score (nSPS) is 12.8. The van der Waals surface area contributed by atoms with Crippen LogP contribution in [0.1, 0.15) is 47.2 Å². The number of carbonyl (C=O) groups excluding carboxylic acids is 2. The number of aryl methyl sites for hydroxylation is 1. The number of benzene rings is 2. The van der Waals surface area contributed by atoms with Crippen LogP contribution in [0, 0.1) is 6.92 Å². The van der Waals surface area contributed by atoms with Gasteiger partial charge in [-0.05, 0) is 38.1 Å². The summed E-state index contributed by atoms with van der Waals surface area (Å²) in [6.07, 6.45) is -1.03. The van der Waals surface area contributed by atoms with Crippen molar-refractivity contribution in [2.45, 2.75) is 38.7 Å². The highest BCUT2D eigenvalue weighted by molar-refractivity contribution is 7.89. The summed E-state index contributed by atoms with van der Waals surface area (Å²) in [5.41, 5.74) is 2.08. The smallest absolute Gasteiger partial charge is 0.338 e. The van der Waals surface area contributed by atoms with Crippen LogP contribution in [0.3, 0.4) is 0 Å². The van der Waals surface area contributed by atoms with Crippen molar-refractivity contribution < 1.29 is 22.7 Å². The zero-order chi connectivity index (χ0) is 22.8. The third kappa shape index (κ3) is 4.40. The zero-order valence-corrected chi connectivity index (χ0v) is 18.8. The number of nitrogens with one attached hydrogen (secondary N) is 1. The van der Waals surface area contributed by atoms with Crippen LogP contribution in [0.5, 0.6) is 0 Å². The molecule has 0 spiro atoms. The van der Waals surface area contributed by atoms with Crippen molar-refractivity contribution in [2.75, 3.05) is 13.1 Å². The van der Waals surface area contributed by atoms with E-state index in [4.69, 9.17) is 4.74 Å². The SMILES string of the molecule is CCN(CC)S(=O)(=O)c1cccc(C(=O)O[C@@H](C)C(=O)c2c(C)[nH]c3ccccc23)c1. The van der Waals surface area contributed by atoms with Crippen LogP contribution in [0.25, 0.3) is 10.9 Å². The molecule has 1 aromatic heterocycles. The topological polar surface area (TPSA) is 96.5 Å². The number of Topliss-reactive ketones (excluding diaryl/α,β-unsaturated/α-hetero) is 1. The summed E-state index contributed by atoms with van der Waals surface area (Å²) in [5, 5.41) is 0.764. The number of carbonyl (C=O) groups is 2. The molecule has 0 amide bonds. The minimum Gasteiger partial charge on any atom is -0.451 e. The van der Waals surface area contributed by atoms with E-state index in [-0.39, 0.29) is 16.2 Å². The molecule has 31 heavy (non-hydrogen) atoms. The fourth-order valence-electron chi connectivity index (χ4n) is 3.58. The van der Waals surface area contributed by atoms with Gasteiger partial charge in [0.05, 0.1) is 10.5 Å². The molecule has 1 atom stereocenters.